The number of esters is 1. The van der Waals surface area contributed by atoms with Crippen molar-refractivity contribution in [3.05, 3.63) is 64.8 Å². The quantitative estimate of drug-likeness (QED) is 0.450. The highest BCUT2D eigenvalue weighted by atomic mass is 35.5. The van der Waals surface area contributed by atoms with Crippen LogP contribution in [-0.4, -0.2) is 24.2 Å². The fourth-order valence-corrected chi connectivity index (χ4v) is 3.02. The van der Waals surface area contributed by atoms with Crippen LogP contribution in [0.3, 0.4) is 0 Å². The standard InChI is InChI=1S/C21H22ClNO3/c1-2-15-5-3-7-18(11-15)26-14-21(24)25-10-4-6-16-13-23-20-9-8-17(22)12-19(16)20/h3,5,7-9,11-13,23H,2,4,6,10,14H2,1H3. The maximum atomic E-state index is 11.8. The van der Waals surface area contributed by atoms with Crippen LogP contribution in [0.25, 0.3) is 10.9 Å². The molecule has 0 aliphatic heterocycles. The van der Waals surface area contributed by atoms with E-state index in [4.69, 9.17) is 21.1 Å². The van der Waals surface area contributed by atoms with Crippen LogP contribution in [0.5, 0.6) is 5.75 Å². The normalized spacial score (nSPS) is 10.8. The van der Waals surface area contributed by atoms with E-state index in [1.54, 1.807) is 0 Å². The maximum absolute atomic E-state index is 11.8. The van der Waals surface area contributed by atoms with Gasteiger partial charge in [-0.25, -0.2) is 4.79 Å². The first-order chi connectivity index (χ1) is 12.7. The smallest absolute Gasteiger partial charge is 0.344 e. The van der Waals surface area contributed by atoms with Crippen molar-refractivity contribution < 1.29 is 14.3 Å². The first-order valence-corrected chi connectivity index (χ1v) is 9.16. The molecule has 2 aromatic carbocycles. The molecule has 136 valence electrons. The van der Waals surface area contributed by atoms with E-state index < -0.39 is 0 Å². The third-order valence-electron chi connectivity index (χ3n) is 4.25. The molecule has 0 amide bonds. The molecule has 0 unspecified atom stereocenters. The van der Waals surface area contributed by atoms with Crippen LogP contribution in [-0.2, 0) is 22.4 Å². The van der Waals surface area contributed by atoms with Gasteiger partial charge >= 0.3 is 5.97 Å². The molecule has 1 aromatic heterocycles. The molecule has 1 heterocycles. The van der Waals surface area contributed by atoms with Gasteiger partial charge in [-0.2, -0.15) is 0 Å². The van der Waals surface area contributed by atoms with Gasteiger partial charge in [-0.15, -0.1) is 0 Å². The molecule has 0 fully saturated rings. The van der Waals surface area contributed by atoms with E-state index in [1.807, 2.05) is 48.7 Å². The molecule has 4 nitrogen and oxygen atoms in total. The zero-order valence-electron chi connectivity index (χ0n) is 14.8. The fraction of sp³-hybridized carbons (Fsp3) is 0.286. The predicted molar refractivity (Wildman–Crippen MR) is 104 cm³/mol. The summed E-state index contributed by atoms with van der Waals surface area (Å²) in [5.41, 5.74) is 3.41. The second-order valence-corrected chi connectivity index (χ2v) is 6.55. The monoisotopic (exact) mass is 371 g/mol. The van der Waals surface area contributed by atoms with Gasteiger partial charge in [0, 0.05) is 22.1 Å². The highest BCUT2D eigenvalue weighted by molar-refractivity contribution is 6.31. The topological polar surface area (TPSA) is 51.3 Å². The summed E-state index contributed by atoms with van der Waals surface area (Å²) < 4.78 is 10.7. The molecule has 5 heteroatoms. The number of rotatable bonds is 8. The Bertz CT molecular complexity index is 888. The number of hydrogen-bond acceptors (Lipinski definition) is 3. The van der Waals surface area contributed by atoms with E-state index >= 15 is 0 Å². The summed E-state index contributed by atoms with van der Waals surface area (Å²) in [5, 5.41) is 1.83. The second-order valence-electron chi connectivity index (χ2n) is 6.12. The zero-order chi connectivity index (χ0) is 18.4. The second kappa shape index (κ2) is 8.77. The van der Waals surface area contributed by atoms with Gasteiger partial charge in [-0.1, -0.05) is 30.7 Å². The summed E-state index contributed by atoms with van der Waals surface area (Å²) >= 11 is 6.06. The fourth-order valence-electron chi connectivity index (χ4n) is 2.85. The zero-order valence-corrected chi connectivity index (χ0v) is 15.5. The molecule has 0 aliphatic carbocycles. The highest BCUT2D eigenvalue weighted by Gasteiger charge is 2.07. The van der Waals surface area contributed by atoms with Gasteiger partial charge in [-0.3, -0.25) is 0 Å². The van der Waals surface area contributed by atoms with E-state index in [1.165, 1.54) is 11.1 Å². The van der Waals surface area contributed by atoms with Crippen molar-refractivity contribution in [1.29, 1.82) is 0 Å². The van der Waals surface area contributed by atoms with Crippen molar-refractivity contribution >= 4 is 28.5 Å². The number of ether oxygens (including phenoxy) is 2. The van der Waals surface area contributed by atoms with Gasteiger partial charge in [0.15, 0.2) is 6.61 Å². The van der Waals surface area contributed by atoms with Crippen molar-refractivity contribution in [3.63, 3.8) is 0 Å². The van der Waals surface area contributed by atoms with Gasteiger partial charge in [0.05, 0.1) is 6.61 Å². The molecular formula is C21H22ClNO3. The van der Waals surface area contributed by atoms with Crippen LogP contribution < -0.4 is 4.74 Å². The Morgan fingerprint density at radius 2 is 2.08 bits per heavy atom. The molecule has 0 atom stereocenters. The van der Waals surface area contributed by atoms with Crippen molar-refractivity contribution in [2.24, 2.45) is 0 Å². The van der Waals surface area contributed by atoms with E-state index in [2.05, 4.69) is 11.9 Å². The van der Waals surface area contributed by atoms with E-state index in [9.17, 15) is 4.79 Å². The van der Waals surface area contributed by atoms with Crippen LogP contribution in [0.15, 0.2) is 48.7 Å². The number of hydrogen-bond donors (Lipinski definition) is 1. The Labute approximate surface area is 158 Å². The lowest BCUT2D eigenvalue weighted by Gasteiger charge is -2.08. The number of benzene rings is 2. The van der Waals surface area contributed by atoms with Crippen molar-refractivity contribution in [3.8, 4) is 5.75 Å². The van der Waals surface area contributed by atoms with Crippen LogP contribution in [0, 0.1) is 0 Å². The molecular weight excluding hydrogens is 350 g/mol. The number of aromatic nitrogens is 1. The van der Waals surface area contributed by atoms with Crippen LogP contribution in [0.1, 0.15) is 24.5 Å². The lowest BCUT2D eigenvalue weighted by Crippen LogP contribution is -2.15. The number of fused-ring (bicyclic) bond motifs is 1. The number of aromatic amines is 1. The molecule has 0 spiro atoms. The minimum atomic E-state index is -0.353. The minimum Gasteiger partial charge on any atom is -0.482 e. The van der Waals surface area contributed by atoms with E-state index in [0.717, 1.165) is 30.2 Å². The van der Waals surface area contributed by atoms with Gasteiger partial charge < -0.3 is 14.5 Å². The molecule has 1 N–H and O–H groups in total. The third kappa shape index (κ3) is 4.79. The Hall–Kier alpha value is -2.46. The first kappa shape index (κ1) is 18.3. The Kier molecular flexibility index (Phi) is 6.18. The van der Waals surface area contributed by atoms with E-state index in [0.29, 0.717) is 17.4 Å². The van der Waals surface area contributed by atoms with Gasteiger partial charge in [0.2, 0.25) is 0 Å². The summed E-state index contributed by atoms with van der Waals surface area (Å²) in [5.74, 6) is 0.339. The minimum absolute atomic E-state index is 0.0736. The Morgan fingerprint density at radius 3 is 2.92 bits per heavy atom. The van der Waals surface area contributed by atoms with Crippen molar-refractivity contribution in [2.75, 3.05) is 13.2 Å². The molecule has 0 aliphatic rings. The molecule has 0 radical (unpaired) electrons. The number of carbonyl (C=O) groups is 1. The number of halogens is 1. The summed E-state index contributed by atoms with van der Waals surface area (Å²) in [6, 6.07) is 13.5. The van der Waals surface area contributed by atoms with Crippen LogP contribution >= 0.6 is 11.6 Å². The summed E-state index contributed by atoms with van der Waals surface area (Å²) in [6.07, 6.45) is 4.47. The van der Waals surface area contributed by atoms with Gasteiger partial charge in [0.25, 0.3) is 0 Å². The van der Waals surface area contributed by atoms with Crippen LogP contribution in [0.4, 0.5) is 0 Å². The van der Waals surface area contributed by atoms with Crippen LogP contribution in [0.2, 0.25) is 5.02 Å². The average Bonchev–Trinajstić information content (AvgIpc) is 3.06. The van der Waals surface area contributed by atoms with Crippen molar-refractivity contribution in [1.82, 2.24) is 4.98 Å². The predicted octanol–water partition coefficient (Wildman–Crippen LogP) is 4.94. The number of carbonyl (C=O) groups excluding carboxylic acids is 1. The molecule has 26 heavy (non-hydrogen) atoms. The average molecular weight is 372 g/mol. The molecule has 0 saturated carbocycles. The Morgan fingerprint density at radius 1 is 1.19 bits per heavy atom. The largest absolute Gasteiger partial charge is 0.482 e. The third-order valence-corrected chi connectivity index (χ3v) is 4.48. The van der Waals surface area contributed by atoms with E-state index in [-0.39, 0.29) is 12.6 Å². The number of H-pyrrole nitrogens is 1. The SMILES string of the molecule is CCc1cccc(OCC(=O)OCCCc2c[nH]c3ccc(Cl)cc23)c1. The summed E-state index contributed by atoms with van der Waals surface area (Å²) in [7, 11) is 0. The lowest BCUT2D eigenvalue weighted by molar-refractivity contribution is -0.146. The Balaban J connectivity index is 1.41. The number of nitrogens with one attached hydrogen (secondary N) is 1. The van der Waals surface area contributed by atoms with Crippen molar-refractivity contribution in [2.45, 2.75) is 26.2 Å². The maximum Gasteiger partial charge on any atom is 0.344 e. The van der Waals surface area contributed by atoms with Gasteiger partial charge in [0.1, 0.15) is 5.75 Å². The first-order valence-electron chi connectivity index (χ1n) is 8.78. The molecule has 0 saturated heterocycles. The summed E-state index contributed by atoms with van der Waals surface area (Å²) in [6.45, 7) is 2.37. The molecule has 3 rings (SSSR count). The number of aryl methyl sites for hydroxylation is 2. The lowest BCUT2D eigenvalue weighted by atomic mass is 10.1. The highest BCUT2D eigenvalue weighted by Crippen LogP contribution is 2.23. The summed E-state index contributed by atoms with van der Waals surface area (Å²) in [4.78, 5) is 15.0. The van der Waals surface area contributed by atoms with Gasteiger partial charge in [-0.05, 0) is 60.7 Å². The molecule has 0 bridgehead atoms. The molecule has 3 aromatic rings.